The summed E-state index contributed by atoms with van der Waals surface area (Å²) in [6.07, 6.45) is -0.984. The van der Waals surface area contributed by atoms with Crippen LogP contribution in [0.3, 0.4) is 0 Å². The number of urea groups is 1. The fraction of sp³-hybridized carbons (Fsp3) is 0.471. The van der Waals surface area contributed by atoms with Gasteiger partial charge in [-0.1, -0.05) is 12.8 Å². The maximum absolute atomic E-state index is 13.2. The van der Waals surface area contributed by atoms with Gasteiger partial charge in [0.25, 0.3) is 0 Å². The van der Waals surface area contributed by atoms with Crippen molar-refractivity contribution in [3.05, 3.63) is 23.8 Å². The van der Waals surface area contributed by atoms with Crippen molar-refractivity contribution in [1.29, 1.82) is 0 Å². The fourth-order valence-corrected chi connectivity index (χ4v) is 2.85. The lowest BCUT2D eigenvalue weighted by Crippen LogP contribution is -2.45. The minimum Gasteiger partial charge on any atom is -0.376 e. The molecule has 148 valence electrons. The summed E-state index contributed by atoms with van der Waals surface area (Å²) in [5.41, 5.74) is -1.37. The highest BCUT2D eigenvalue weighted by molar-refractivity contribution is 5.96. The third-order valence-corrected chi connectivity index (χ3v) is 4.03. The Morgan fingerprint density at radius 1 is 1.15 bits per heavy atom. The number of nitrogens with one attached hydrogen (secondary N) is 4. The van der Waals surface area contributed by atoms with E-state index in [4.69, 9.17) is 0 Å². The Hall–Kier alpha value is -2.78. The van der Waals surface area contributed by atoms with Crippen molar-refractivity contribution in [1.82, 2.24) is 10.6 Å². The van der Waals surface area contributed by atoms with Crippen LogP contribution in [-0.4, -0.2) is 30.4 Å². The Morgan fingerprint density at radius 3 is 2.41 bits per heavy atom. The molecule has 1 aliphatic carbocycles. The second-order valence-electron chi connectivity index (χ2n) is 6.30. The molecule has 0 unspecified atom stereocenters. The van der Waals surface area contributed by atoms with Crippen LogP contribution in [0.5, 0.6) is 0 Å². The fourth-order valence-electron chi connectivity index (χ4n) is 2.85. The van der Waals surface area contributed by atoms with Gasteiger partial charge in [0.1, 0.15) is 0 Å². The van der Waals surface area contributed by atoms with Crippen LogP contribution in [0.15, 0.2) is 18.2 Å². The third-order valence-electron chi connectivity index (χ3n) is 4.03. The number of benzene rings is 1. The van der Waals surface area contributed by atoms with E-state index in [1.807, 2.05) is 0 Å². The maximum Gasteiger partial charge on any atom is 0.418 e. The molecular weight excluding hydrogens is 365 g/mol. The standard InChI is InChI=1S/C17H21F3N4O3/c1-10(25)22-12-6-7-14(13(8-12)17(18,19)20)21-9-15(26)24-16(27)23-11-4-2-3-5-11/h6-8,11,21H,2-5,9H2,1H3,(H,22,25)(H2,23,24,26,27). The Balaban J connectivity index is 1.96. The summed E-state index contributed by atoms with van der Waals surface area (Å²) >= 11 is 0. The normalized spacial score (nSPS) is 14.5. The van der Waals surface area contributed by atoms with E-state index in [1.165, 1.54) is 13.0 Å². The van der Waals surface area contributed by atoms with E-state index in [-0.39, 0.29) is 17.4 Å². The summed E-state index contributed by atoms with van der Waals surface area (Å²) in [7, 11) is 0. The zero-order chi connectivity index (χ0) is 20.0. The second-order valence-corrected chi connectivity index (χ2v) is 6.30. The quantitative estimate of drug-likeness (QED) is 0.625. The van der Waals surface area contributed by atoms with Crippen LogP contribution in [0.25, 0.3) is 0 Å². The lowest BCUT2D eigenvalue weighted by molar-refractivity contribution is -0.137. The summed E-state index contributed by atoms with van der Waals surface area (Å²) in [6.45, 7) is 0.668. The zero-order valence-electron chi connectivity index (χ0n) is 14.7. The minimum atomic E-state index is -4.69. The van der Waals surface area contributed by atoms with Crippen LogP contribution >= 0.6 is 0 Å². The highest BCUT2D eigenvalue weighted by atomic mass is 19.4. The van der Waals surface area contributed by atoms with E-state index in [2.05, 4.69) is 21.3 Å². The molecule has 0 aromatic heterocycles. The van der Waals surface area contributed by atoms with Gasteiger partial charge in [0.15, 0.2) is 0 Å². The first-order chi connectivity index (χ1) is 12.6. The molecule has 10 heteroatoms. The first-order valence-corrected chi connectivity index (χ1v) is 8.48. The SMILES string of the molecule is CC(=O)Nc1ccc(NCC(=O)NC(=O)NC2CCCC2)c(C(F)(F)F)c1. The maximum atomic E-state index is 13.2. The molecule has 0 saturated heterocycles. The Bertz CT molecular complexity index is 716. The second kappa shape index (κ2) is 8.74. The molecule has 27 heavy (non-hydrogen) atoms. The van der Waals surface area contributed by atoms with Gasteiger partial charge in [0.05, 0.1) is 12.1 Å². The van der Waals surface area contributed by atoms with Gasteiger partial charge in [-0.3, -0.25) is 14.9 Å². The molecule has 0 aliphatic heterocycles. The minimum absolute atomic E-state index is 0.0132. The smallest absolute Gasteiger partial charge is 0.376 e. The first-order valence-electron chi connectivity index (χ1n) is 8.48. The van der Waals surface area contributed by atoms with Crippen LogP contribution in [0.2, 0.25) is 0 Å². The number of hydrogen-bond acceptors (Lipinski definition) is 4. The van der Waals surface area contributed by atoms with Crippen LogP contribution in [0.1, 0.15) is 38.2 Å². The number of carbonyl (C=O) groups is 3. The molecule has 0 atom stereocenters. The molecule has 4 amide bonds. The van der Waals surface area contributed by atoms with E-state index >= 15 is 0 Å². The number of halogens is 3. The number of rotatable bonds is 5. The summed E-state index contributed by atoms with van der Waals surface area (Å²) in [6, 6.07) is 2.52. The molecule has 2 rings (SSSR count). The van der Waals surface area contributed by atoms with Gasteiger partial charge in [0, 0.05) is 24.3 Å². The molecular formula is C17H21F3N4O3. The monoisotopic (exact) mass is 386 g/mol. The zero-order valence-corrected chi connectivity index (χ0v) is 14.7. The number of carbonyl (C=O) groups excluding carboxylic acids is 3. The van der Waals surface area contributed by atoms with Crippen LogP contribution in [0, 0.1) is 0 Å². The molecule has 4 N–H and O–H groups in total. The molecule has 0 radical (unpaired) electrons. The van der Waals surface area contributed by atoms with E-state index < -0.39 is 36.1 Å². The van der Waals surface area contributed by atoms with Crippen molar-refractivity contribution in [2.45, 2.75) is 44.8 Å². The largest absolute Gasteiger partial charge is 0.418 e. The number of imide groups is 1. The molecule has 1 fully saturated rings. The predicted octanol–water partition coefficient (Wildman–Crippen LogP) is 2.84. The van der Waals surface area contributed by atoms with E-state index in [9.17, 15) is 27.6 Å². The third kappa shape index (κ3) is 6.46. The van der Waals surface area contributed by atoms with Gasteiger partial charge in [-0.25, -0.2) is 4.79 Å². The Labute approximate surface area is 154 Å². The van der Waals surface area contributed by atoms with Crippen molar-refractivity contribution >= 4 is 29.2 Å². The Morgan fingerprint density at radius 2 is 1.81 bits per heavy atom. The Kier molecular flexibility index (Phi) is 6.65. The van der Waals surface area contributed by atoms with Crippen molar-refractivity contribution in [2.75, 3.05) is 17.2 Å². The summed E-state index contributed by atoms with van der Waals surface area (Å²) < 4.78 is 39.6. The first kappa shape index (κ1) is 20.5. The molecule has 7 nitrogen and oxygen atoms in total. The lowest BCUT2D eigenvalue weighted by Gasteiger charge is -2.16. The molecule has 0 spiro atoms. The molecule has 0 bridgehead atoms. The van der Waals surface area contributed by atoms with Gasteiger partial charge in [-0.2, -0.15) is 13.2 Å². The van der Waals surface area contributed by atoms with Crippen LogP contribution in [0.4, 0.5) is 29.3 Å². The van der Waals surface area contributed by atoms with Gasteiger partial charge < -0.3 is 16.0 Å². The molecule has 1 aromatic rings. The van der Waals surface area contributed by atoms with Gasteiger partial charge in [-0.05, 0) is 31.0 Å². The van der Waals surface area contributed by atoms with Crippen molar-refractivity contribution in [3.8, 4) is 0 Å². The average molecular weight is 386 g/mol. The predicted molar refractivity (Wildman–Crippen MR) is 93.2 cm³/mol. The summed E-state index contributed by atoms with van der Waals surface area (Å²) in [4.78, 5) is 34.5. The van der Waals surface area contributed by atoms with Crippen molar-refractivity contribution in [3.63, 3.8) is 0 Å². The van der Waals surface area contributed by atoms with E-state index in [0.717, 1.165) is 37.8 Å². The van der Waals surface area contributed by atoms with Crippen molar-refractivity contribution < 1.29 is 27.6 Å². The highest BCUT2D eigenvalue weighted by Crippen LogP contribution is 2.36. The van der Waals surface area contributed by atoms with E-state index in [0.29, 0.717) is 0 Å². The lowest BCUT2D eigenvalue weighted by atomic mass is 10.1. The van der Waals surface area contributed by atoms with E-state index in [1.54, 1.807) is 0 Å². The average Bonchev–Trinajstić information content (AvgIpc) is 3.04. The highest BCUT2D eigenvalue weighted by Gasteiger charge is 2.34. The number of amides is 4. The molecule has 1 aliphatic rings. The van der Waals surface area contributed by atoms with Crippen LogP contribution in [-0.2, 0) is 15.8 Å². The van der Waals surface area contributed by atoms with Gasteiger partial charge in [-0.15, -0.1) is 0 Å². The van der Waals surface area contributed by atoms with Crippen LogP contribution < -0.4 is 21.3 Å². The summed E-state index contributed by atoms with van der Waals surface area (Å²) in [5, 5.41) is 9.38. The number of alkyl halides is 3. The topological polar surface area (TPSA) is 99.3 Å². The van der Waals surface area contributed by atoms with Gasteiger partial charge in [0.2, 0.25) is 11.8 Å². The summed E-state index contributed by atoms with van der Waals surface area (Å²) in [5.74, 6) is -1.26. The number of anilines is 2. The van der Waals surface area contributed by atoms with Gasteiger partial charge >= 0.3 is 12.2 Å². The molecule has 1 aromatic carbocycles. The molecule has 1 saturated carbocycles. The number of hydrogen-bond donors (Lipinski definition) is 4. The van der Waals surface area contributed by atoms with Crippen molar-refractivity contribution in [2.24, 2.45) is 0 Å². The molecule has 0 heterocycles.